The normalized spacial score (nSPS) is 12.4. The number of ether oxygens (including phenoxy) is 3. The van der Waals surface area contributed by atoms with E-state index in [1.54, 1.807) is 0 Å². The summed E-state index contributed by atoms with van der Waals surface area (Å²) in [6, 6.07) is 11.7. The van der Waals surface area contributed by atoms with Crippen LogP contribution < -0.4 is 9.47 Å². The van der Waals surface area contributed by atoms with Gasteiger partial charge in [0.2, 0.25) is 0 Å². The Bertz CT molecular complexity index is 827. The largest absolute Gasteiger partial charge is 0.494 e. The molecule has 0 spiro atoms. The van der Waals surface area contributed by atoms with Crippen molar-refractivity contribution in [3.63, 3.8) is 0 Å². The van der Waals surface area contributed by atoms with Gasteiger partial charge in [0.25, 0.3) is 0 Å². The Morgan fingerprint density at radius 2 is 1.63 bits per heavy atom. The molecule has 0 aliphatic carbocycles. The lowest BCUT2D eigenvalue weighted by atomic mass is 9.78. The molecule has 0 aliphatic rings. The van der Waals surface area contributed by atoms with E-state index in [1.807, 2.05) is 36.4 Å². The fraction of sp³-hybridized carbons (Fsp3) is 0.435. The number of esters is 1. The highest BCUT2D eigenvalue weighted by Crippen LogP contribution is 2.40. The zero-order valence-electron chi connectivity index (χ0n) is 17.6. The van der Waals surface area contributed by atoms with Crippen molar-refractivity contribution in [3.8, 4) is 11.5 Å². The summed E-state index contributed by atoms with van der Waals surface area (Å²) in [5.41, 5.74) is 1.70. The molecule has 164 valence electrons. The molecule has 2 aromatic carbocycles. The predicted octanol–water partition coefficient (Wildman–Crippen LogP) is 6.66. The number of carbonyl (C=O) groups excluding carboxylic acids is 1. The fourth-order valence-corrected chi connectivity index (χ4v) is 3.68. The van der Waals surface area contributed by atoms with Crippen LogP contribution in [0.4, 0.5) is 0 Å². The summed E-state index contributed by atoms with van der Waals surface area (Å²) < 4.78 is 16.4. The minimum absolute atomic E-state index is 0.0600. The number of hydrogen-bond donors (Lipinski definition) is 0. The monoisotopic (exact) mass is 472 g/mol. The van der Waals surface area contributed by atoms with Gasteiger partial charge in [-0.25, -0.2) is 0 Å². The van der Waals surface area contributed by atoms with E-state index < -0.39 is 12.1 Å². The van der Waals surface area contributed by atoms with Gasteiger partial charge < -0.3 is 14.2 Å². The van der Waals surface area contributed by atoms with Crippen LogP contribution in [0.1, 0.15) is 45.2 Å². The highest BCUT2D eigenvalue weighted by atomic mass is 35.5. The first-order valence-electron chi connectivity index (χ1n) is 9.77. The van der Waals surface area contributed by atoms with Gasteiger partial charge in [0.15, 0.2) is 5.75 Å². The number of rotatable bonds is 10. The highest BCUT2D eigenvalue weighted by Gasteiger charge is 2.26. The maximum atomic E-state index is 11.1. The Balaban J connectivity index is 2.20. The van der Waals surface area contributed by atoms with Crippen molar-refractivity contribution in [2.24, 2.45) is 0 Å². The van der Waals surface area contributed by atoms with Crippen molar-refractivity contribution >= 4 is 40.8 Å². The van der Waals surface area contributed by atoms with Crippen molar-refractivity contribution in [2.75, 3.05) is 19.1 Å². The van der Waals surface area contributed by atoms with Crippen molar-refractivity contribution in [1.82, 2.24) is 0 Å². The van der Waals surface area contributed by atoms with Gasteiger partial charge in [0.1, 0.15) is 18.5 Å². The van der Waals surface area contributed by atoms with Crippen molar-refractivity contribution in [3.05, 3.63) is 57.6 Å². The third-order valence-electron chi connectivity index (χ3n) is 4.69. The van der Waals surface area contributed by atoms with Gasteiger partial charge in [0, 0.05) is 12.3 Å². The summed E-state index contributed by atoms with van der Waals surface area (Å²) in [5, 5.41) is 0.759. The molecule has 0 heterocycles. The molecule has 0 saturated carbocycles. The lowest BCUT2D eigenvalue weighted by molar-refractivity contribution is -0.146. The molecule has 4 nitrogen and oxygen atoms in total. The van der Waals surface area contributed by atoms with E-state index in [2.05, 4.69) is 20.8 Å². The average molecular weight is 474 g/mol. The molecule has 2 rings (SSSR count). The van der Waals surface area contributed by atoms with Gasteiger partial charge >= 0.3 is 5.97 Å². The second kappa shape index (κ2) is 11.1. The maximum Gasteiger partial charge on any atom is 0.303 e. The summed E-state index contributed by atoms with van der Waals surface area (Å²) in [5.74, 6) is 0.865. The molecule has 0 fully saturated rings. The van der Waals surface area contributed by atoms with Crippen LogP contribution >= 0.6 is 34.8 Å². The Labute approximate surface area is 193 Å². The van der Waals surface area contributed by atoms with Gasteiger partial charge in [-0.3, -0.25) is 4.79 Å². The van der Waals surface area contributed by atoms with Crippen LogP contribution in [0.25, 0.3) is 0 Å². The number of alkyl halides is 1. The first kappa shape index (κ1) is 24.6. The van der Waals surface area contributed by atoms with Crippen molar-refractivity contribution in [2.45, 2.75) is 45.6 Å². The minimum atomic E-state index is -0.583. The van der Waals surface area contributed by atoms with E-state index in [0.29, 0.717) is 22.4 Å². The SMILES string of the molecule is CCCOc1ccc(C(C)(C)c2cc(Cl)c(OC[C@@H](CCl)OC(C)=O)c(Cl)c2)cc1. The topological polar surface area (TPSA) is 44.8 Å². The van der Waals surface area contributed by atoms with Gasteiger partial charge in [-0.1, -0.05) is 56.1 Å². The van der Waals surface area contributed by atoms with Gasteiger partial charge in [0.05, 0.1) is 22.5 Å². The molecule has 2 aromatic rings. The summed E-state index contributed by atoms with van der Waals surface area (Å²) in [7, 11) is 0. The molecule has 1 atom stereocenters. The Morgan fingerprint density at radius 1 is 1.03 bits per heavy atom. The lowest BCUT2D eigenvalue weighted by Gasteiger charge is -2.27. The summed E-state index contributed by atoms with van der Waals surface area (Å²) >= 11 is 18.8. The van der Waals surface area contributed by atoms with Crippen LogP contribution in [-0.2, 0) is 14.9 Å². The number of hydrogen-bond acceptors (Lipinski definition) is 4. The predicted molar refractivity (Wildman–Crippen MR) is 123 cm³/mol. The van der Waals surface area contributed by atoms with Crippen molar-refractivity contribution < 1.29 is 19.0 Å². The molecule has 0 amide bonds. The number of halogens is 3. The third-order valence-corrected chi connectivity index (χ3v) is 5.59. The second-order valence-electron chi connectivity index (χ2n) is 7.46. The fourth-order valence-electron chi connectivity index (χ4n) is 2.93. The quantitative estimate of drug-likeness (QED) is 0.286. The summed E-state index contributed by atoms with van der Waals surface area (Å²) in [6.07, 6.45) is 0.381. The van der Waals surface area contributed by atoms with E-state index >= 15 is 0 Å². The first-order valence-corrected chi connectivity index (χ1v) is 11.1. The lowest BCUT2D eigenvalue weighted by Crippen LogP contribution is -2.26. The zero-order valence-corrected chi connectivity index (χ0v) is 19.9. The molecule has 0 radical (unpaired) electrons. The number of benzene rings is 2. The molecular weight excluding hydrogens is 447 g/mol. The zero-order chi connectivity index (χ0) is 22.3. The average Bonchev–Trinajstić information content (AvgIpc) is 2.70. The highest BCUT2D eigenvalue weighted by molar-refractivity contribution is 6.37. The van der Waals surface area contributed by atoms with E-state index in [0.717, 1.165) is 23.3 Å². The minimum Gasteiger partial charge on any atom is -0.494 e. The molecule has 0 aliphatic heterocycles. The van der Waals surface area contributed by atoms with Crippen LogP contribution in [0, 0.1) is 0 Å². The van der Waals surface area contributed by atoms with E-state index in [-0.39, 0.29) is 17.9 Å². The summed E-state index contributed by atoms with van der Waals surface area (Å²) in [4.78, 5) is 11.1. The van der Waals surface area contributed by atoms with E-state index in [1.165, 1.54) is 6.92 Å². The smallest absolute Gasteiger partial charge is 0.303 e. The van der Waals surface area contributed by atoms with Crippen LogP contribution in [0.5, 0.6) is 11.5 Å². The Hall–Kier alpha value is -1.62. The van der Waals surface area contributed by atoms with Crippen LogP contribution in [0.2, 0.25) is 10.0 Å². The maximum absolute atomic E-state index is 11.1. The Kier molecular flexibility index (Phi) is 9.14. The molecule has 0 N–H and O–H groups in total. The standard InChI is InChI=1S/C23H27Cl3O4/c1-5-10-28-18-8-6-16(7-9-18)23(3,4)17-11-20(25)22(21(26)12-17)29-14-19(13-24)30-15(2)27/h6-9,11-12,19H,5,10,13-14H2,1-4H3/t19-/m1/s1. The molecule has 7 heteroatoms. The summed E-state index contributed by atoms with van der Waals surface area (Å²) in [6.45, 7) is 8.34. The number of carbonyl (C=O) groups is 1. The van der Waals surface area contributed by atoms with Gasteiger partial charge in [-0.2, -0.15) is 0 Å². The first-order chi connectivity index (χ1) is 14.2. The molecule has 0 unspecified atom stereocenters. The van der Waals surface area contributed by atoms with Gasteiger partial charge in [-0.05, 0) is 41.8 Å². The van der Waals surface area contributed by atoms with Crippen LogP contribution in [0.15, 0.2) is 36.4 Å². The molecule has 0 aromatic heterocycles. The molecular formula is C23H27Cl3O4. The van der Waals surface area contributed by atoms with Crippen LogP contribution in [0.3, 0.4) is 0 Å². The van der Waals surface area contributed by atoms with Crippen LogP contribution in [-0.4, -0.2) is 31.2 Å². The molecule has 30 heavy (non-hydrogen) atoms. The van der Waals surface area contributed by atoms with E-state index in [9.17, 15) is 4.79 Å². The second-order valence-corrected chi connectivity index (χ2v) is 8.59. The van der Waals surface area contributed by atoms with Crippen molar-refractivity contribution in [1.29, 1.82) is 0 Å². The van der Waals surface area contributed by atoms with Gasteiger partial charge in [-0.15, -0.1) is 11.6 Å². The third kappa shape index (κ3) is 6.44. The van der Waals surface area contributed by atoms with E-state index in [4.69, 9.17) is 49.0 Å². The molecule has 0 bridgehead atoms. The Morgan fingerprint density at radius 3 is 2.13 bits per heavy atom. The molecule has 0 saturated heterocycles.